The molecule has 0 radical (unpaired) electrons. The molecule has 0 saturated heterocycles. The van der Waals surface area contributed by atoms with Crippen LogP contribution in [0.15, 0.2) is 23.1 Å². The number of carbonyl (C=O) groups is 2. The van der Waals surface area contributed by atoms with Crippen molar-refractivity contribution in [1.29, 1.82) is 0 Å². The molecule has 2 N–H and O–H groups in total. The number of hydrogen-bond acceptors (Lipinski definition) is 4. The molecule has 1 amide bonds. The van der Waals surface area contributed by atoms with Gasteiger partial charge in [0.1, 0.15) is 11.1 Å². The van der Waals surface area contributed by atoms with Gasteiger partial charge in [0.25, 0.3) is 0 Å². The lowest BCUT2D eigenvalue weighted by molar-refractivity contribution is -0.120. The maximum absolute atomic E-state index is 13.3. The molecule has 0 saturated carbocycles. The zero-order valence-corrected chi connectivity index (χ0v) is 12.4. The number of hydrogen-bond donors (Lipinski definition) is 2. The summed E-state index contributed by atoms with van der Waals surface area (Å²) in [6.45, 7) is 3.35. The molecule has 0 aliphatic heterocycles. The predicted molar refractivity (Wildman–Crippen MR) is 73.3 cm³/mol. The standard InChI is InChI=1S/C13H16FNO5S/c1-3-6-15-12(16)8(2)21(19,20)9-4-5-11(14)10(7-9)13(17)18/h4-5,7-8H,3,6H2,1-2H3,(H,15,16)(H,17,18). The minimum Gasteiger partial charge on any atom is -0.478 e. The summed E-state index contributed by atoms with van der Waals surface area (Å²) >= 11 is 0. The highest BCUT2D eigenvalue weighted by molar-refractivity contribution is 7.92. The number of nitrogens with one attached hydrogen (secondary N) is 1. The van der Waals surface area contributed by atoms with Gasteiger partial charge in [-0.15, -0.1) is 0 Å². The molecule has 116 valence electrons. The van der Waals surface area contributed by atoms with E-state index < -0.39 is 43.2 Å². The Kier molecular flexibility index (Phi) is 5.42. The van der Waals surface area contributed by atoms with Gasteiger partial charge in [0.15, 0.2) is 9.84 Å². The van der Waals surface area contributed by atoms with Crippen molar-refractivity contribution in [2.45, 2.75) is 30.4 Å². The van der Waals surface area contributed by atoms with Crippen molar-refractivity contribution < 1.29 is 27.5 Å². The molecule has 6 nitrogen and oxygen atoms in total. The van der Waals surface area contributed by atoms with Crippen LogP contribution >= 0.6 is 0 Å². The van der Waals surface area contributed by atoms with Gasteiger partial charge >= 0.3 is 5.97 Å². The quantitative estimate of drug-likeness (QED) is 0.768. The molecule has 0 aliphatic rings. The molecule has 0 bridgehead atoms. The molecular weight excluding hydrogens is 301 g/mol. The molecule has 1 aromatic rings. The molecule has 1 atom stereocenters. The van der Waals surface area contributed by atoms with Crippen molar-refractivity contribution in [3.63, 3.8) is 0 Å². The van der Waals surface area contributed by atoms with Crippen LogP contribution in [0.1, 0.15) is 30.6 Å². The third-order valence-electron chi connectivity index (χ3n) is 2.88. The van der Waals surface area contributed by atoms with E-state index >= 15 is 0 Å². The molecule has 0 aromatic heterocycles. The average molecular weight is 317 g/mol. The summed E-state index contributed by atoms with van der Waals surface area (Å²) in [6.07, 6.45) is 0.651. The fourth-order valence-electron chi connectivity index (χ4n) is 1.58. The SMILES string of the molecule is CCCNC(=O)C(C)S(=O)(=O)c1ccc(F)c(C(=O)O)c1. The van der Waals surface area contributed by atoms with Crippen LogP contribution in [0.4, 0.5) is 4.39 Å². The lowest BCUT2D eigenvalue weighted by atomic mass is 10.2. The second-order valence-electron chi connectivity index (χ2n) is 4.43. The van der Waals surface area contributed by atoms with Gasteiger partial charge in [-0.1, -0.05) is 6.92 Å². The van der Waals surface area contributed by atoms with Crippen molar-refractivity contribution in [3.05, 3.63) is 29.6 Å². The number of aromatic carboxylic acids is 1. The van der Waals surface area contributed by atoms with E-state index in [0.717, 1.165) is 18.2 Å². The van der Waals surface area contributed by atoms with Gasteiger partial charge in [-0.3, -0.25) is 4.79 Å². The van der Waals surface area contributed by atoms with Gasteiger partial charge in [0.2, 0.25) is 5.91 Å². The van der Waals surface area contributed by atoms with Crippen molar-refractivity contribution in [1.82, 2.24) is 5.32 Å². The summed E-state index contributed by atoms with van der Waals surface area (Å²) in [4.78, 5) is 22.2. The summed E-state index contributed by atoms with van der Waals surface area (Å²) < 4.78 is 37.8. The Morgan fingerprint density at radius 1 is 1.38 bits per heavy atom. The summed E-state index contributed by atoms with van der Waals surface area (Å²) in [5, 5.41) is 9.86. The Morgan fingerprint density at radius 2 is 2.00 bits per heavy atom. The number of benzene rings is 1. The predicted octanol–water partition coefficient (Wildman–Crippen LogP) is 1.21. The van der Waals surface area contributed by atoms with Crippen LogP contribution in [0.2, 0.25) is 0 Å². The highest BCUT2D eigenvalue weighted by atomic mass is 32.2. The smallest absolute Gasteiger partial charge is 0.338 e. The number of carbonyl (C=O) groups excluding carboxylic acids is 1. The van der Waals surface area contributed by atoms with E-state index in [4.69, 9.17) is 5.11 Å². The highest BCUT2D eigenvalue weighted by Crippen LogP contribution is 2.20. The minimum atomic E-state index is -4.08. The number of rotatable bonds is 6. The molecule has 21 heavy (non-hydrogen) atoms. The molecule has 0 fully saturated rings. The van der Waals surface area contributed by atoms with E-state index in [-0.39, 0.29) is 0 Å². The molecule has 1 unspecified atom stereocenters. The van der Waals surface area contributed by atoms with Crippen LogP contribution in [-0.2, 0) is 14.6 Å². The first-order valence-electron chi connectivity index (χ1n) is 6.26. The van der Waals surface area contributed by atoms with Crippen LogP contribution in [0, 0.1) is 5.82 Å². The lowest BCUT2D eigenvalue weighted by Crippen LogP contribution is -2.38. The molecule has 0 spiro atoms. The van der Waals surface area contributed by atoms with Crippen LogP contribution in [0.5, 0.6) is 0 Å². The second-order valence-corrected chi connectivity index (χ2v) is 6.69. The van der Waals surface area contributed by atoms with E-state index in [2.05, 4.69) is 5.32 Å². The van der Waals surface area contributed by atoms with Gasteiger partial charge in [0, 0.05) is 6.54 Å². The summed E-state index contributed by atoms with van der Waals surface area (Å²) in [5.74, 6) is -3.30. The van der Waals surface area contributed by atoms with Crippen molar-refractivity contribution in [2.75, 3.05) is 6.54 Å². The number of carboxylic acid groups (broad SMARTS) is 1. The zero-order chi connectivity index (χ0) is 16.2. The first kappa shape index (κ1) is 17.1. The van der Waals surface area contributed by atoms with Gasteiger partial charge in [-0.05, 0) is 31.5 Å². The van der Waals surface area contributed by atoms with Gasteiger partial charge in [-0.2, -0.15) is 0 Å². The fourth-order valence-corrected chi connectivity index (χ4v) is 2.90. The zero-order valence-electron chi connectivity index (χ0n) is 11.6. The van der Waals surface area contributed by atoms with E-state index in [1.165, 1.54) is 6.92 Å². The van der Waals surface area contributed by atoms with E-state index in [9.17, 15) is 22.4 Å². The number of carboxylic acids is 1. The van der Waals surface area contributed by atoms with Gasteiger partial charge < -0.3 is 10.4 Å². The van der Waals surface area contributed by atoms with Gasteiger partial charge in [-0.25, -0.2) is 17.6 Å². The molecule has 0 aliphatic carbocycles. The molecule has 1 rings (SSSR count). The van der Waals surface area contributed by atoms with Gasteiger partial charge in [0.05, 0.1) is 10.5 Å². The molecule has 1 aromatic carbocycles. The van der Waals surface area contributed by atoms with Crippen molar-refractivity contribution in [2.24, 2.45) is 0 Å². The number of amides is 1. The summed E-state index contributed by atoms with van der Waals surface area (Å²) in [7, 11) is -4.08. The highest BCUT2D eigenvalue weighted by Gasteiger charge is 2.30. The third-order valence-corrected chi connectivity index (χ3v) is 4.94. The van der Waals surface area contributed by atoms with Crippen LogP contribution in [-0.4, -0.2) is 37.2 Å². The summed E-state index contributed by atoms with van der Waals surface area (Å²) in [5.41, 5.74) is -0.753. The van der Waals surface area contributed by atoms with E-state index in [1.54, 1.807) is 0 Å². The average Bonchev–Trinajstić information content (AvgIpc) is 2.43. The Balaban J connectivity index is 3.16. The lowest BCUT2D eigenvalue weighted by Gasteiger charge is -2.13. The largest absolute Gasteiger partial charge is 0.478 e. The van der Waals surface area contributed by atoms with Crippen LogP contribution in [0.25, 0.3) is 0 Å². The monoisotopic (exact) mass is 317 g/mol. The van der Waals surface area contributed by atoms with Crippen molar-refractivity contribution >= 4 is 21.7 Å². The van der Waals surface area contributed by atoms with Crippen LogP contribution < -0.4 is 5.32 Å². The molecular formula is C13H16FNO5S. The first-order valence-corrected chi connectivity index (χ1v) is 7.81. The number of halogens is 1. The molecule has 0 heterocycles. The van der Waals surface area contributed by atoms with Crippen LogP contribution in [0.3, 0.4) is 0 Å². The maximum Gasteiger partial charge on any atom is 0.338 e. The Labute approximate surface area is 121 Å². The molecule has 8 heteroatoms. The third kappa shape index (κ3) is 3.78. The Morgan fingerprint density at radius 3 is 2.52 bits per heavy atom. The topological polar surface area (TPSA) is 101 Å². The van der Waals surface area contributed by atoms with Crippen molar-refractivity contribution in [3.8, 4) is 0 Å². The maximum atomic E-state index is 13.3. The Bertz CT molecular complexity index is 657. The minimum absolute atomic E-state index is 0.336. The normalized spacial score (nSPS) is 12.7. The number of sulfone groups is 1. The fraction of sp³-hybridized carbons (Fsp3) is 0.385. The Hall–Kier alpha value is -1.96. The first-order chi connectivity index (χ1) is 9.71. The van der Waals surface area contributed by atoms with E-state index in [1.807, 2.05) is 6.92 Å². The van der Waals surface area contributed by atoms with E-state index in [0.29, 0.717) is 13.0 Å². The summed E-state index contributed by atoms with van der Waals surface area (Å²) in [6, 6.07) is 2.42. The second kappa shape index (κ2) is 6.66.